The summed E-state index contributed by atoms with van der Waals surface area (Å²) in [6.07, 6.45) is 5.05. The van der Waals surface area contributed by atoms with Gasteiger partial charge in [-0.2, -0.15) is 0 Å². The molecule has 1 saturated carbocycles. The van der Waals surface area contributed by atoms with Crippen LogP contribution in [0.1, 0.15) is 39.5 Å². The summed E-state index contributed by atoms with van der Waals surface area (Å²) in [6, 6.07) is 0. The van der Waals surface area contributed by atoms with Crippen molar-refractivity contribution in [2.75, 3.05) is 6.61 Å². The van der Waals surface area contributed by atoms with Crippen LogP contribution >= 0.6 is 0 Å². The van der Waals surface area contributed by atoms with Crippen LogP contribution in [0.3, 0.4) is 0 Å². The second kappa shape index (κ2) is 2.91. The van der Waals surface area contributed by atoms with Gasteiger partial charge in [-0.1, -0.05) is 20.3 Å². The molecule has 1 heteroatoms. The molecule has 0 aromatic heterocycles. The van der Waals surface area contributed by atoms with Crippen molar-refractivity contribution in [2.24, 2.45) is 11.3 Å². The fourth-order valence-electron chi connectivity index (χ4n) is 1.93. The predicted molar refractivity (Wildman–Crippen MR) is 42.8 cm³/mol. The maximum atomic E-state index is 8.89. The van der Waals surface area contributed by atoms with E-state index in [0.717, 1.165) is 0 Å². The maximum Gasteiger partial charge on any atom is 0.0459 e. The highest BCUT2D eigenvalue weighted by Crippen LogP contribution is 2.43. The van der Waals surface area contributed by atoms with Crippen molar-refractivity contribution in [2.45, 2.75) is 39.5 Å². The zero-order valence-electron chi connectivity index (χ0n) is 7.06. The van der Waals surface area contributed by atoms with Gasteiger partial charge in [0, 0.05) is 6.61 Å². The first kappa shape index (κ1) is 8.06. The molecule has 0 aromatic rings. The van der Waals surface area contributed by atoms with Gasteiger partial charge in [-0.3, -0.25) is 0 Å². The quantitative estimate of drug-likeness (QED) is 0.626. The third kappa shape index (κ3) is 1.51. The van der Waals surface area contributed by atoms with Gasteiger partial charge in [0.1, 0.15) is 0 Å². The van der Waals surface area contributed by atoms with Crippen LogP contribution in [0.4, 0.5) is 0 Å². The van der Waals surface area contributed by atoms with Crippen molar-refractivity contribution >= 4 is 0 Å². The van der Waals surface area contributed by atoms with Crippen LogP contribution in [0.2, 0.25) is 0 Å². The molecule has 1 fully saturated rings. The van der Waals surface area contributed by atoms with Crippen LogP contribution in [-0.4, -0.2) is 11.7 Å². The Hall–Kier alpha value is -0.0400. The van der Waals surface area contributed by atoms with Gasteiger partial charge in [0.15, 0.2) is 0 Å². The molecule has 1 aliphatic rings. The van der Waals surface area contributed by atoms with E-state index in [9.17, 15) is 0 Å². The normalized spacial score (nSPS) is 40.5. The Morgan fingerprint density at radius 1 is 1.60 bits per heavy atom. The molecule has 60 valence electrons. The number of aliphatic hydroxyl groups excluding tert-OH is 1. The van der Waals surface area contributed by atoms with Crippen molar-refractivity contribution in [3.05, 3.63) is 0 Å². The molecule has 0 heterocycles. The van der Waals surface area contributed by atoms with E-state index in [1.165, 1.54) is 25.7 Å². The van der Waals surface area contributed by atoms with E-state index in [2.05, 4.69) is 13.8 Å². The van der Waals surface area contributed by atoms with E-state index in [1.807, 2.05) is 0 Å². The standard InChI is InChI=1S/C9H18O/c1-3-9(2)5-4-8(6-9)7-10/h8,10H,3-7H2,1-2H3. The van der Waals surface area contributed by atoms with Gasteiger partial charge < -0.3 is 5.11 Å². The van der Waals surface area contributed by atoms with Gasteiger partial charge in [0.05, 0.1) is 0 Å². The Bertz CT molecular complexity index is 111. The number of hydrogen-bond donors (Lipinski definition) is 1. The summed E-state index contributed by atoms with van der Waals surface area (Å²) >= 11 is 0. The summed E-state index contributed by atoms with van der Waals surface area (Å²) in [6.45, 7) is 4.98. The average molecular weight is 142 g/mol. The molecule has 1 aliphatic carbocycles. The molecule has 2 unspecified atom stereocenters. The van der Waals surface area contributed by atoms with Crippen molar-refractivity contribution in [1.29, 1.82) is 0 Å². The largest absolute Gasteiger partial charge is 0.396 e. The Labute approximate surface area is 63.4 Å². The lowest BCUT2D eigenvalue weighted by molar-refractivity contribution is 0.211. The smallest absolute Gasteiger partial charge is 0.0459 e. The lowest BCUT2D eigenvalue weighted by atomic mass is 9.85. The highest BCUT2D eigenvalue weighted by molar-refractivity contribution is 4.83. The van der Waals surface area contributed by atoms with Gasteiger partial charge in [0.2, 0.25) is 0 Å². The third-order valence-corrected chi connectivity index (χ3v) is 3.05. The number of aliphatic hydroxyl groups is 1. The van der Waals surface area contributed by atoms with Gasteiger partial charge in [-0.05, 0) is 30.6 Å². The van der Waals surface area contributed by atoms with Crippen LogP contribution in [0, 0.1) is 11.3 Å². The highest BCUT2D eigenvalue weighted by atomic mass is 16.3. The Morgan fingerprint density at radius 2 is 2.30 bits per heavy atom. The molecule has 0 amide bonds. The zero-order chi connectivity index (χ0) is 7.61. The van der Waals surface area contributed by atoms with Crippen LogP contribution in [0.15, 0.2) is 0 Å². The predicted octanol–water partition coefficient (Wildman–Crippen LogP) is 2.20. The van der Waals surface area contributed by atoms with Crippen LogP contribution < -0.4 is 0 Å². The molecule has 0 radical (unpaired) electrons. The highest BCUT2D eigenvalue weighted by Gasteiger charge is 2.32. The molecule has 1 N–H and O–H groups in total. The zero-order valence-corrected chi connectivity index (χ0v) is 7.06. The van der Waals surface area contributed by atoms with E-state index < -0.39 is 0 Å². The molecule has 0 spiro atoms. The monoisotopic (exact) mass is 142 g/mol. The minimum absolute atomic E-state index is 0.398. The fourth-order valence-corrected chi connectivity index (χ4v) is 1.93. The van der Waals surface area contributed by atoms with E-state index in [-0.39, 0.29) is 0 Å². The Balaban J connectivity index is 2.41. The second-order valence-corrected chi connectivity index (χ2v) is 3.96. The van der Waals surface area contributed by atoms with Gasteiger partial charge in [0.25, 0.3) is 0 Å². The lowest BCUT2D eigenvalue weighted by Gasteiger charge is -2.21. The molecule has 0 aliphatic heterocycles. The van der Waals surface area contributed by atoms with E-state index in [1.54, 1.807) is 0 Å². The van der Waals surface area contributed by atoms with Gasteiger partial charge >= 0.3 is 0 Å². The first-order valence-electron chi connectivity index (χ1n) is 4.31. The van der Waals surface area contributed by atoms with Crippen molar-refractivity contribution in [1.82, 2.24) is 0 Å². The number of hydrogen-bond acceptors (Lipinski definition) is 1. The Morgan fingerprint density at radius 3 is 2.60 bits per heavy atom. The summed E-state index contributed by atoms with van der Waals surface area (Å²) in [5.74, 6) is 0.602. The van der Waals surface area contributed by atoms with Crippen molar-refractivity contribution in [3.63, 3.8) is 0 Å². The topological polar surface area (TPSA) is 20.2 Å². The fraction of sp³-hybridized carbons (Fsp3) is 1.00. The lowest BCUT2D eigenvalue weighted by Crippen LogP contribution is -2.10. The molecule has 2 atom stereocenters. The van der Waals surface area contributed by atoms with Crippen LogP contribution in [0.5, 0.6) is 0 Å². The minimum Gasteiger partial charge on any atom is -0.396 e. The van der Waals surface area contributed by atoms with Gasteiger partial charge in [-0.25, -0.2) is 0 Å². The van der Waals surface area contributed by atoms with E-state index >= 15 is 0 Å². The van der Waals surface area contributed by atoms with E-state index in [0.29, 0.717) is 17.9 Å². The van der Waals surface area contributed by atoms with Crippen LogP contribution in [-0.2, 0) is 0 Å². The van der Waals surface area contributed by atoms with Crippen molar-refractivity contribution < 1.29 is 5.11 Å². The van der Waals surface area contributed by atoms with E-state index in [4.69, 9.17) is 5.11 Å². The summed E-state index contributed by atoms with van der Waals surface area (Å²) in [5, 5.41) is 8.89. The molecular weight excluding hydrogens is 124 g/mol. The molecule has 0 saturated heterocycles. The molecule has 1 rings (SSSR count). The summed E-state index contributed by atoms with van der Waals surface area (Å²) in [4.78, 5) is 0. The minimum atomic E-state index is 0.398. The Kier molecular flexibility index (Phi) is 2.35. The number of rotatable bonds is 2. The molecule has 10 heavy (non-hydrogen) atoms. The first-order valence-corrected chi connectivity index (χ1v) is 4.31. The molecule has 0 aromatic carbocycles. The second-order valence-electron chi connectivity index (χ2n) is 3.96. The summed E-state index contributed by atoms with van der Waals surface area (Å²) in [7, 11) is 0. The maximum absolute atomic E-state index is 8.89. The summed E-state index contributed by atoms with van der Waals surface area (Å²) < 4.78 is 0. The first-order chi connectivity index (χ1) is 4.70. The SMILES string of the molecule is CCC1(C)CCC(CO)C1. The molecule has 0 bridgehead atoms. The van der Waals surface area contributed by atoms with Crippen molar-refractivity contribution in [3.8, 4) is 0 Å². The average Bonchev–Trinajstić information content (AvgIpc) is 2.33. The molecule has 1 nitrogen and oxygen atoms in total. The van der Waals surface area contributed by atoms with Gasteiger partial charge in [-0.15, -0.1) is 0 Å². The van der Waals surface area contributed by atoms with Crippen LogP contribution in [0.25, 0.3) is 0 Å². The molecular formula is C9H18O. The summed E-state index contributed by atoms with van der Waals surface area (Å²) in [5.41, 5.74) is 0.549. The third-order valence-electron chi connectivity index (χ3n) is 3.05.